The number of rotatable bonds is 8. The number of ether oxygens (including phenoxy) is 4. The van der Waals surface area contributed by atoms with E-state index in [0.29, 0.717) is 19.6 Å². The first-order valence-corrected chi connectivity index (χ1v) is 11.7. The third-order valence-corrected chi connectivity index (χ3v) is 5.51. The van der Waals surface area contributed by atoms with Gasteiger partial charge in [0.1, 0.15) is 35.5 Å². The molecule has 2 aromatic carbocycles. The highest BCUT2D eigenvalue weighted by Gasteiger charge is 2.46. The molecule has 0 bridgehead atoms. The second-order valence-electron chi connectivity index (χ2n) is 9.89. The molecule has 1 aliphatic rings. The van der Waals surface area contributed by atoms with Crippen molar-refractivity contribution >= 4 is 6.09 Å². The summed E-state index contributed by atoms with van der Waals surface area (Å²) >= 11 is 0. The lowest BCUT2D eigenvalue weighted by Crippen LogP contribution is -2.50. The lowest BCUT2D eigenvalue weighted by molar-refractivity contribution is -0.0635. The molecule has 180 valence electrons. The van der Waals surface area contributed by atoms with Crippen molar-refractivity contribution in [2.24, 2.45) is 0 Å². The predicted molar refractivity (Wildman–Crippen MR) is 128 cm³/mol. The molecule has 1 amide bonds. The minimum absolute atomic E-state index is 0.0817. The molecule has 0 unspecified atom stereocenters. The van der Waals surface area contributed by atoms with Crippen molar-refractivity contribution in [1.29, 1.82) is 0 Å². The van der Waals surface area contributed by atoms with Crippen molar-refractivity contribution in [1.82, 2.24) is 4.90 Å². The first-order valence-electron chi connectivity index (χ1n) is 11.7. The van der Waals surface area contributed by atoms with Gasteiger partial charge >= 0.3 is 6.09 Å². The van der Waals surface area contributed by atoms with E-state index in [1.54, 1.807) is 4.90 Å². The number of hydrogen-bond donors (Lipinski definition) is 0. The fraction of sp³-hybridized carbons (Fsp3) is 0.519. The lowest BCUT2D eigenvalue weighted by Gasteiger charge is -2.36. The first-order chi connectivity index (χ1) is 15.6. The summed E-state index contributed by atoms with van der Waals surface area (Å²) in [6.45, 7) is 12.4. The second kappa shape index (κ2) is 10.5. The average molecular weight is 456 g/mol. The molecular formula is C27H37NO5. The van der Waals surface area contributed by atoms with Crippen LogP contribution in [-0.4, -0.2) is 41.1 Å². The quantitative estimate of drug-likeness (QED) is 0.475. The van der Waals surface area contributed by atoms with Gasteiger partial charge in [0.2, 0.25) is 0 Å². The SMILES string of the molecule is CC[C@@H](C[C@@H]1COC(C)(C)N1C(=O)OC(C)(C)C)Oc1cccc(OCc2ccccc2)c1. The third kappa shape index (κ3) is 7.13. The van der Waals surface area contributed by atoms with Gasteiger partial charge in [0.15, 0.2) is 0 Å². The van der Waals surface area contributed by atoms with Crippen molar-refractivity contribution < 1.29 is 23.7 Å². The fourth-order valence-corrected chi connectivity index (χ4v) is 3.91. The van der Waals surface area contributed by atoms with Crippen LogP contribution in [0.1, 0.15) is 59.9 Å². The van der Waals surface area contributed by atoms with Gasteiger partial charge in [-0.05, 0) is 58.7 Å². The number of nitrogens with zero attached hydrogens (tertiary/aromatic N) is 1. The van der Waals surface area contributed by atoms with Crippen LogP contribution >= 0.6 is 0 Å². The Morgan fingerprint density at radius 1 is 1.12 bits per heavy atom. The van der Waals surface area contributed by atoms with Gasteiger partial charge in [0, 0.05) is 12.5 Å². The van der Waals surface area contributed by atoms with Crippen LogP contribution in [0.2, 0.25) is 0 Å². The summed E-state index contributed by atoms with van der Waals surface area (Å²) in [4.78, 5) is 14.6. The fourth-order valence-electron chi connectivity index (χ4n) is 3.91. The van der Waals surface area contributed by atoms with Crippen LogP contribution < -0.4 is 9.47 Å². The molecule has 1 aliphatic heterocycles. The van der Waals surface area contributed by atoms with Gasteiger partial charge < -0.3 is 18.9 Å². The van der Waals surface area contributed by atoms with Crippen molar-refractivity contribution in [2.45, 2.75) is 84.5 Å². The zero-order valence-electron chi connectivity index (χ0n) is 20.7. The maximum Gasteiger partial charge on any atom is 0.412 e. The minimum atomic E-state index is -0.726. The summed E-state index contributed by atoms with van der Waals surface area (Å²) in [6.07, 6.45) is 1.01. The Kier molecular flexibility index (Phi) is 7.90. The van der Waals surface area contributed by atoms with Crippen molar-refractivity contribution in [2.75, 3.05) is 6.61 Å². The van der Waals surface area contributed by atoms with E-state index < -0.39 is 11.3 Å². The van der Waals surface area contributed by atoms with Gasteiger partial charge in [-0.25, -0.2) is 4.79 Å². The normalized spacial score (nSPS) is 18.6. The zero-order valence-corrected chi connectivity index (χ0v) is 20.7. The maximum absolute atomic E-state index is 12.9. The van der Waals surface area contributed by atoms with Crippen LogP contribution in [0.3, 0.4) is 0 Å². The number of hydrogen-bond acceptors (Lipinski definition) is 5. The highest BCUT2D eigenvalue weighted by atomic mass is 16.6. The molecule has 0 saturated carbocycles. The second-order valence-corrected chi connectivity index (χ2v) is 9.89. The summed E-state index contributed by atoms with van der Waals surface area (Å²) in [5.74, 6) is 1.50. The lowest BCUT2D eigenvalue weighted by atomic mass is 10.1. The Morgan fingerprint density at radius 3 is 2.48 bits per heavy atom. The highest BCUT2D eigenvalue weighted by Crippen LogP contribution is 2.33. The molecule has 1 heterocycles. The van der Waals surface area contributed by atoms with Crippen LogP contribution in [0.25, 0.3) is 0 Å². The third-order valence-electron chi connectivity index (χ3n) is 5.51. The molecule has 1 saturated heterocycles. The molecule has 0 N–H and O–H groups in total. The molecule has 0 aliphatic carbocycles. The predicted octanol–water partition coefficient (Wildman–Crippen LogP) is 6.19. The van der Waals surface area contributed by atoms with Gasteiger partial charge in [0.05, 0.1) is 12.6 Å². The van der Waals surface area contributed by atoms with E-state index in [0.717, 1.165) is 23.5 Å². The molecule has 1 fully saturated rings. The minimum Gasteiger partial charge on any atom is -0.490 e. The van der Waals surface area contributed by atoms with E-state index in [-0.39, 0.29) is 18.2 Å². The van der Waals surface area contributed by atoms with E-state index in [2.05, 4.69) is 6.92 Å². The van der Waals surface area contributed by atoms with E-state index >= 15 is 0 Å². The summed E-state index contributed by atoms with van der Waals surface area (Å²) in [5, 5.41) is 0. The Hall–Kier alpha value is -2.73. The first kappa shape index (κ1) is 24.9. The number of carbonyl (C=O) groups excluding carboxylic acids is 1. The van der Waals surface area contributed by atoms with E-state index in [1.165, 1.54) is 0 Å². The molecule has 0 spiro atoms. The van der Waals surface area contributed by atoms with Crippen LogP contribution in [0.4, 0.5) is 4.79 Å². The largest absolute Gasteiger partial charge is 0.490 e. The van der Waals surface area contributed by atoms with Gasteiger partial charge in [0.25, 0.3) is 0 Å². The smallest absolute Gasteiger partial charge is 0.412 e. The van der Waals surface area contributed by atoms with Crippen LogP contribution in [0, 0.1) is 0 Å². The standard InChI is InChI=1S/C27H37NO5/c1-7-22(16-21-19-31-27(5,6)28(21)25(29)33-26(2,3)4)32-24-15-11-14-23(17-24)30-18-20-12-9-8-10-13-20/h8-15,17,21-22H,7,16,18-19H2,1-6H3/t21-,22+/m1/s1. The van der Waals surface area contributed by atoms with Crippen molar-refractivity contribution in [3.8, 4) is 11.5 Å². The zero-order chi connectivity index (χ0) is 24.1. The maximum atomic E-state index is 12.9. The van der Waals surface area contributed by atoms with Crippen LogP contribution in [-0.2, 0) is 16.1 Å². The van der Waals surface area contributed by atoms with E-state index in [1.807, 2.05) is 89.2 Å². The molecular weight excluding hydrogens is 418 g/mol. The van der Waals surface area contributed by atoms with Crippen LogP contribution in [0.5, 0.6) is 11.5 Å². The average Bonchev–Trinajstić information content (AvgIpc) is 3.05. The Balaban J connectivity index is 1.64. The van der Waals surface area contributed by atoms with Gasteiger partial charge in [-0.2, -0.15) is 0 Å². The van der Waals surface area contributed by atoms with Gasteiger partial charge in [-0.3, -0.25) is 4.90 Å². The molecule has 6 nitrogen and oxygen atoms in total. The highest BCUT2D eigenvalue weighted by molar-refractivity contribution is 5.69. The summed E-state index contributed by atoms with van der Waals surface area (Å²) in [7, 11) is 0. The Bertz CT molecular complexity index is 906. The van der Waals surface area contributed by atoms with Gasteiger partial charge in [-0.1, -0.05) is 43.3 Å². The molecule has 2 aromatic rings. The summed E-state index contributed by atoms with van der Waals surface area (Å²) in [5.41, 5.74) is -0.182. The van der Waals surface area contributed by atoms with Gasteiger partial charge in [-0.15, -0.1) is 0 Å². The van der Waals surface area contributed by atoms with Crippen LogP contribution in [0.15, 0.2) is 54.6 Å². The van der Waals surface area contributed by atoms with Crippen molar-refractivity contribution in [3.63, 3.8) is 0 Å². The van der Waals surface area contributed by atoms with E-state index in [9.17, 15) is 4.79 Å². The Morgan fingerprint density at radius 2 is 1.82 bits per heavy atom. The van der Waals surface area contributed by atoms with Crippen molar-refractivity contribution in [3.05, 3.63) is 60.2 Å². The molecule has 3 rings (SSSR count). The molecule has 0 radical (unpaired) electrons. The summed E-state index contributed by atoms with van der Waals surface area (Å²) in [6, 6.07) is 17.6. The monoisotopic (exact) mass is 455 g/mol. The number of amides is 1. The van der Waals surface area contributed by atoms with E-state index in [4.69, 9.17) is 18.9 Å². The number of carbonyl (C=O) groups is 1. The molecule has 2 atom stereocenters. The topological polar surface area (TPSA) is 57.2 Å². The molecule has 0 aromatic heterocycles. The summed E-state index contributed by atoms with van der Waals surface area (Å²) < 4.78 is 23.8. The molecule has 6 heteroatoms. The number of benzene rings is 2. The molecule has 33 heavy (non-hydrogen) atoms. The Labute approximate surface area is 197 Å².